The van der Waals surface area contributed by atoms with Crippen LogP contribution < -0.4 is 10.2 Å². The molecule has 1 aliphatic heterocycles. The first-order valence-corrected chi connectivity index (χ1v) is 14.3. The van der Waals surface area contributed by atoms with E-state index in [1.54, 1.807) is 11.0 Å². The maximum atomic E-state index is 13.5. The number of aryl methyl sites for hydroxylation is 1. The van der Waals surface area contributed by atoms with Gasteiger partial charge < -0.3 is 10.4 Å². The second-order valence-electron chi connectivity index (χ2n) is 10.9. The predicted molar refractivity (Wildman–Crippen MR) is 168 cm³/mol. The molecule has 2 N–H and O–H groups in total. The third-order valence-corrected chi connectivity index (χ3v) is 8.02. The zero-order valence-electron chi connectivity index (χ0n) is 23.7. The molecule has 2 atom stereocenters. The number of carbonyl (C=O) groups excluding carboxylic acids is 2. The topological polar surface area (TPSA) is 69.6 Å². The van der Waals surface area contributed by atoms with Crippen LogP contribution in [0.3, 0.4) is 0 Å². The van der Waals surface area contributed by atoms with Gasteiger partial charge in [0.2, 0.25) is 0 Å². The molecule has 0 aromatic heterocycles. The number of phenolic OH excluding ortho intramolecular Hbond substituents is 1. The minimum Gasteiger partial charge on any atom is -0.508 e. The lowest BCUT2D eigenvalue weighted by Gasteiger charge is -2.28. The molecule has 1 heterocycles. The Kier molecular flexibility index (Phi) is 7.75. The molecule has 2 unspecified atom stereocenters. The van der Waals surface area contributed by atoms with Gasteiger partial charge in [0.1, 0.15) is 11.6 Å². The summed E-state index contributed by atoms with van der Waals surface area (Å²) in [6.45, 7) is 2.02. The lowest BCUT2D eigenvalue weighted by Crippen LogP contribution is -2.29. The fraction of sp³-hybridized carbons (Fsp3) is 0.135. The van der Waals surface area contributed by atoms with Gasteiger partial charge in [-0.05, 0) is 78.1 Å². The molecule has 2 amide bonds. The molecular weight excluding hydrogens is 539 g/mol. The van der Waals surface area contributed by atoms with Gasteiger partial charge in [0.05, 0.1) is 12.1 Å². The van der Waals surface area contributed by atoms with Gasteiger partial charge in [0, 0.05) is 23.2 Å². The van der Waals surface area contributed by atoms with Crippen LogP contribution in [0.4, 0.5) is 14.9 Å². The number of nitrogens with zero attached hydrogens (tertiary/aromatic N) is 1. The van der Waals surface area contributed by atoms with E-state index in [2.05, 4.69) is 5.32 Å². The maximum Gasteiger partial charge on any atom is 0.322 e. The largest absolute Gasteiger partial charge is 0.508 e. The van der Waals surface area contributed by atoms with Gasteiger partial charge in [-0.25, -0.2) is 9.18 Å². The molecule has 5 aromatic carbocycles. The van der Waals surface area contributed by atoms with Crippen molar-refractivity contribution < 1.29 is 19.1 Å². The summed E-state index contributed by atoms with van der Waals surface area (Å²) in [7, 11) is 0. The third-order valence-electron chi connectivity index (χ3n) is 8.02. The summed E-state index contributed by atoms with van der Waals surface area (Å²) < 4.78 is 13.4. The van der Waals surface area contributed by atoms with Gasteiger partial charge >= 0.3 is 6.03 Å². The molecule has 43 heavy (non-hydrogen) atoms. The van der Waals surface area contributed by atoms with E-state index >= 15 is 0 Å². The highest BCUT2D eigenvalue weighted by atomic mass is 19.1. The van der Waals surface area contributed by atoms with Crippen LogP contribution >= 0.6 is 0 Å². The number of Topliss-reactive ketones (excluding diaryl/α,β-unsaturated/α-hetero) is 1. The van der Waals surface area contributed by atoms with Crippen molar-refractivity contribution in [2.45, 2.75) is 31.8 Å². The number of urea groups is 1. The predicted octanol–water partition coefficient (Wildman–Crippen LogP) is 8.48. The molecular formula is C37H31FN2O3. The molecule has 0 spiro atoms. The van der Waals surface area contributed by atoms with E-state index in [4.69, 9.17) is 0 Å². The number of phenols is 1. The number of hydrogen-bond donors (Lipinski definition) is 2. The number of rotatable bonds is 8. The molecule has 6 heteroatoms. The van der Waals surface area contributed by atoms with Crippen molar-refractivity contribution in [3.8, 4) is 28.0 Å². The standard InChI is InChI=1S/C37H31FN2O3/c1-24-7-9-27(10-8-24)29-15-20-32(35(42)23-29)36-33(21-22-34(41)28-11-16-30(38)17-12-28)39-37(43)40(36)31-18-13-26(14-19-31)25-5-3-2-4-6-25/h2-20,23,33,36,42H,21-22H2,1H3,(H,39,43). The summed E-state index contributed by atoms with van der Waals surface area (Å²) in [5, 5.41) is 14.4. The zero-order chi connectivity index (χ0) is 29.9. The highest BCUT2D eigenvalue weighted by Crippen LogP contribution is 2.41. The minimum atomic E-state index is -0.567. The molecule has 0 saturated carbocycles. The molecule has 6 rings (SSSR count). The molecule has 0 bridgehead atoms. The van der Waals surface area contributed by atoms with Crippen molar-refractivity contribution in [3.05, 3.63) is 144 Å². The number of anilines is 1. The number of nitrogens with one attached hydrogen (secondary N) is 1. The van der Waals surface area contributed by atoms with Crippen LogP contribution in [-0.2, 0) is 0 Å². The Morgan fingerprint density at radius 1 is 0.791 bits per heavy atom. The quantitative estimate of drug-likeness (QED) is 0.184. The summed E-state index contributed by atoms with van der Waals surface area (Å²) >= 11 is 0. The monoisotopic (exact) mass is 570 g/mol. The van der Waals surface area contributed by atoms with Gasteiger partial charge in [0.15, 0.2) is 5.78 Å². The van der Waals surface area contributed by atoms with E-state index in [1.807, 2.05) is 97.9 Å². The molecule has 1 aliphatic rings. The second kappa shape index (κ2) is 11.9. The van der Waals surface area contributed by atoms with Crippen molar-refractivity contribution in [2.75, 3.05) is 4.90 Å². The summed E-state index contributed by atoms with van der Waals surface area (Å²) in [6, 6.07) is 35.5. The first kappa shape index (κ1) is 27.9. The van der Waals surface area contributed by atoms with Crippen molar-refractivity contribution in [1.29, 1.82) is 0 Å². The highest BCUT2D eigenvalue weighted by Gasteiger charge is 2.42. The van der Waals surface area contributed by atoms with Gasteiger partial charge in [-0.1, -0.05) is 84.4 Å². The van der Waals surface area contributed by atoms with Crippen LogP contribution in [0.15, 0.2) is 121 Å². The normalized spacial score (nSPS) is 16.2. The number of ketones is 1. The number of amides is 2. The van der Waals surface area contributed by atoms with Crippen LogP contribution in [-0.4, -0.2) is 23.0 Å². The first-order chi connectivity index (χ1) is 20.9. The van der Waals surface area contributed by atoms with E-state index in [0.29, 0.717) is 23.2 Å². The average molecular weight is 571 g/mol. The average Bonchev–Trinajstić information content (AvgIpc) is 3.36. The zero-order valence-corrected chi connectivity index (χ0v) is 23.7. The Balaban J connectivity index is 1.33. The summed E-state index contributed by atoms with van der Waals surface area (Å²) in [6.07, 6.45) is 0.487. The van der Waals surface area contributed by atoms with Crippen LogP contribution in [0.1, 0.15) is 40.4 Å². The molecule has 1 saturated heterocycles. The van der Waals surface area contributed by atoms with E-state index in [-0.39, 0.29) is 24.0 Å². The lowest BCUT2D eigenvalue weighted by molar-refractivity contribution is 0.0976. The molecule has 0 radical (unpaired) electrons. The maximum absolute atomic E-state index is 13.5. The van der Waals surface area contributed by atoms with Gasteiger partial charge in [-0.15, -0.1) is 0 Å². The van der Waals surface area contributed by atoms with Crippen LogP contribution in [0.25, 0.3) is 22.3 Å². The number of carbonyl (C=O) groups is 2. The van der Waals surface area contributed by atoms with Crippen molar-refractivity contribution in [1.82, 2.24) is 5.32 Å². The third kappa shape index (κ3) is 5.90. The van der Waals surface area contributed by atoms with Gasteiger partial charge in [-0.2, -0.15) is 0 Å². The molecule has 214 valence electrons. The molecule has 5 nitrogen and oxygen atoms in total. The van der Waals surface area contributed by atoms with Crippen LogP contribution in [0, 0.1) is 12.7 Å². The second-order valence-corrected chi connectivity index (χ2v) is 10.9. The Labute approximate surface area is 250 Å². The fourth-order valence-corrected chi connectivity index (χ4v) is 5.71. The Morgan fingerprint density at radius 2 is 1.40 bits per heavy atom. The molecule has 5 aromatic rings. The van der Waals surface area contributed by atoms with Crippen molar-refractivity contribution >= 4 is 17.5 Å². The fourth-order valence-electron chi connectivity index (χ4n) is 5.71. The van der Waals surface area contributed by atoms with E-state index < -0.39 is 17.9 Å². The number of aromatic hydroxyl groups is 1. The van der Waals surface area contributed by atoms with Crippen LogP contribution in [0.5, 0.6) is 5.75 Å². The lowest BCUT2D eigenvalue weighted by atomic mass is 9.91. The van der Waals surface area contributed by atoms with Crippen LogP contribution in [0.2, 0.25) is 0 Å². The number of halogens is 1. The SMILES string of the molecule is Cc1ccc(-c2ccc(C3C(CCC(=O)c4ccc(F)cc4)NC(=O)N3c3ccc(-c4ccccc4)cc3)c(O)c2)cc1. The van der Waals surface area contributed by atoms with Gasteiger partial charge in [-0.3, -0.25) is 9.69 Å². The Hall–Kier alpha value is -5.23. The number of hydrogen-bond acceptors (Lipinski definition) is 3. The molecule has 1 fully saturated rings. The first-order valence-electron chi connectivity index (χ1n) is 14.3. The van der Waals surface area contributed by atoms with Crippen molar-refractivity contribution in [3.63, 3.8) is 0 Å². The Bertz CT molecular complexity index is 1750. The summed E-state index contributed by atoms with van der Waals surface area (Å²) in [5.41, 5.74) is 6.75. The summed E-state index contributed by atoms with van der Waals surface area (Å²) in [5.74, 6) is -0.476. The molecule has 0 aliphatic carbocycles. The Morgan fingerprint density at radius 3 is 2.07 bits per heavy atom. The smallest absolute Gasteiger partial charge is 0.322 e. The van der Waals surface area contributed by atoms with E-state index in [9.17, 15) is 19.1 Å². The minimum absolute atomic E-state index is 0.0698. The summed E-state index contributed by atoms with van der Waals surface area (Å²) in [4.78, 5) is 28.1. The van der Waals surface area contributed by atoms with E-state index in [0.717, 1.165) is 27.8 Å². The number of benzene rings is 5. The van der Waals surface area contributed by atoms with E-state index in [1.165, 1.54) is 24.3 Å². The van der Waals surface area contributed by atoms with Gasteiger partial charge in [0.25, 0.3) is 0 Å². The highest BCUT2D eigenvalue weighted by molar-refractivity contribution is 5.98. The van der Waals surface area contributed by atoms with Crippen molar-refractivity contribution in [2.24, 2.45) is 0 Å².